The Balaban J connectivity index is 1.54. The van der Waals surface area contributed by atoms with Crippen molar-refractivity contribution in [2.45, 2.75) is 33.4 Å². The van der Waals surface area contributed by atoms with Crippen LogP contribution in [0.5, 0.6) is 0 Å². The van der Waals surface area contributed by atoms with Crippen LogP contribution in [0.3, 0.4) is 0 Å². The second-order valence-corrected chi connectivity index (χ2v) is 8.13. The van der Waals surface area contributed by atoms with Gasteiger partial charge in [-0.25, -0.2) is 4.39 Å². The Morgan fingerprint density at radius 3 is 2.30 bits per heavy atom. The van der Waals surface area contributed by atoms with Crippen LogP contribution >= 0.6 is 0 Å². The predicted molar refractivity (Wildman–Crippen MR) is 116 cm³/mol. The third kappa shape index (κ3) is 5.45. The van der Waals surface area contributed by atoms with E-state index < -0.39 is 0 Å². The van der Waals surface area contributed by atoms with Crippen LogP contribution < -0.4 is 0 Å². The summed E-state index contributed by atoms with van der Waals surface area (Å²) in [7, 11) is 0. The fraction of sp³-hybridized carbons (Fsp3) is 0.417. The lowest BCUT2D eigenvalue weighted by atomic mass is 10.1. The Morgan fingerprint density at radius 2 is 1.70 bits per heavy atom. The molecule has 0 atom stereocenters. The first-order valence-electron chi connectivity index (χ1n) is 10.5. The van der Waals surface area contributed by atoms with E-state index in [4.69, 9.17) is 0 Å². The van der Waals surface area contributed by atoms with Crippen LogP contribution in [0.1, 0.15) is 35.3 Å². The van der Waals surface area contributed by atoms with E-state index >= 15 is 0 Å². The normalized spacial score (nSPS) is 14.8. The summed E-state index contributed by atoms with van der Waals surface area (Å²) in [6, 6.07) is 14.7. The number of carbonyl (C=O) groups is 2. The van der Waals surface area contributed by atoms with E-state index in [0.29, 0.717) is 50.4 Å². The molecule has 5 nitrogen and oxygen atoms in total. The summed E-state index contributed by atoms with van der Waals surface area (Å²) in [4.78, 5) is 31.3. The van der Waals surface area contributed by atoms with Crippen LogP contribution in [0.2, 0.25) is 0 Å². The van der Waals surface area contributed by atoms with E-state index in [9.17, 15) is 14.0 Å². The first kappa shape index (κ1) is 22.0. The molecule has 30 heavy (non-hydrogen) atoms. The Bertz CT molecular complexity index is 877. The first-order valence-corrected chi connectivity index (χ1v) is 10.5. The fourth-order valence-corrected chi connectivity index (χ4v) is 3.64. The number of piperazine rings is 1. The van der Waals surface area contributed by atoms with Crippen molar-refractivity contribution in [3.8, 4) is 0 Å². The van der Waals surface area contributed by atoms with Gasteiger partial charge in [0.25, 0.3) is 5.91 Å². The van der Waals surface area contributed by atoms with Crippen molar-refractivity contribution in [1.29, 1.82) is 0 Å². The van der Waals surface area contributed by atoms with E-state index in [0.717, 1.165) is 5.56 Å². The van der Waals surface area contributed by atoms with Gasteiger partial charge >= 0.3 is 0 Å². The average molecular weight is 412 g/mol. The Hall–Kier alpha value is -2.73. The molecule has 0 N–H and O–H groups in total. The lowest BCUT2D eigenvalue weighted by molar-refractivity contribution is -0.135. The van der Waals surface area contributed by atoms with Crippen molar-refractivity contribution < 1.29 is 14.0 Å². The van der Waals surface area contributed by atoms with Crippen LogP contribution in [-0.4, -0.2) is 65.3 Å². The zero-order valence-corrected chi connectivity index (χ0v) is 18.0. The second-order valence-electron chi connectivity index (χ2n) is 8.13. The third-order valence-electron chi connectivity index (χ3n) is 5.58. The minimum Gasteiger partial charge on any atom is -0.336 e. The first-order chi connectivity index (χ1) is 14.3. The van der Waals surface area contributed by atoms with Gasteiger partial charge in [-0.2, -0.15) is 0 Å². The van der Waals surface area contributed by atoms with Crippen molar-refractivity contribution in [1.82, 2.24) is 14.7 Å². The molecule has 0 bridgehead atoms. The Morgan fingerprint density at radius 1 is 1.03 bits per heavy atom. The van der Waals surface area contributed by atoms with E-state index in [1.165, 1.54) is 6.07 Å². The van der Waals surface area contributed by atoms with Gasteiger partial charge in [0.1, 0.15) is 5.82 Å². The number of halogens is 1. The minimum atomic E-state index is -0.364. The van der Waals surface area contributed by atoms with Crippen molar-refractivity contribution in [2.75, 3.05) is 32.7 Å². The van der Waals surface area contributed by atoms with Crippen molar-refractivity contribution >= 4 is 11.8 Å². The molecule has 1 saturated heterocycles. The molecule has 1 aliphatic heterocycles. The van der Waals surface area contributed by atoms with Gasteiger partial charge in [-0.1, -0.05) is 36.4 Å². The lowest BCUT2D eigenvalue weighted by Crippen LogP contribution is -2.52. The van der Waals surface area contributed by atoms with E-state index in [1.807, 2.05) is 49.1 Å². The number of aryl methyl sites for hydroxylation is 1. The molecule has 2 amide bonds. The molecule has 1 fully saturated rings. The number of hydrogen-bond acceptors (Lipinski definition) is 3. The summed E-state index contributed by atoms with van der Waals surface area (Å²) in [5.41, 5.74) is 2.01. The molecule has 0 aromatic heterocycles. The summed E-state index contributed by atoms with van der Waals surface area (Å²) < 4.78 is 13.8. The smallest absolute Gasteiger partial charge is 0.254 e. The zero-order valence-electron chi connectivity index (χ0n) is 18.0. The molecule has 3 rings (SSSR count). The van der Waals surface area contributed by atoms with Crippen LogP contribution in [0.15, 0.2) is 48.5 Å². The molecular formula is C24H30FN3O2. The maximum absolute atomic E-state index is 13.8. The summed E-state index contributed by atoms with van der Waals surface area (Å²) in [5, 5.41) is 0. The second kappa shape index (κ2) is 9.85. The number of rotatable bonds is 6. The quantitative estimate of drug-likeness (QED) is 0.732. The van der Waals surface area contributed by atoms with Gasteiger partial charge in [0.15, 0.2) is 0 Å². The van der Waals surface area contributed by atoms with Crippen LogP contribution in [-0.2, 0) is 11.3 Å². The summed E-state index contributed by atoms with van der Waals surface area (Å²) in [6.07, 6.45) is 0. The highest BCUT2D eigenvalue weighted by Gasteiger charge is 2.26. The number of hydrogen-bond donors (Lipinski definition) is 0. The largest absolute Gasteiger partial charge is 0.336 e. The van der Waals surface area contributed by atoms with Crippen LogP contribution in [0, 0.1) is 12.7 Å². The minimum absolute atomic E-state index is 0.0919. The van der Waals surface area contributed by atoms with Crippen LogP contribution in [0.25, 0.3) is 0 Å². The molecule has 0 spiro atoms. The molecule has 0 unspecified atom stereocenters. The van der Waals surface area contributed by atoms with Gasteiger partial charge in [0.2, 0.25) is 5.91 Å². The SMILES string of the molecule is Cc1ccc(C(=O)N2CCN(CC(=O)N(Cc3ccccc3)C(C)C)CC2)cc1F. The van der Waals surface area contributed by atoms with Crippen LogP contribution in [0.4, 0.5) is 4.39 Å². The molecule has 0 radical (unpaired) electrons. The van der Waals surface area contributed by atoms with Gasteiger partial charge < -0.3 is 9.80 Å². The molecular weight excluding hydrogens is 381 g/mol. The Kier molecular flexibility index (Phi) is 7.21. The summed E-state index contributed by atoms with van der Waals surface area (Å²) >= 11 is 0. The van der Waals surface area contributed by atoms with E-state index in [1.54, 1.807) is 24.0 Å². The van der Waals surface area contributed by atoms with Gasteiger partial charge in [-0.15, -0.1) is 0 Å². The average Bonchev–Trinajstić information content (AvgIpc) is 2.74. The van der Waals surface area contributed by atoms with E-state index in [-0.39, 0.29) is 23.7 Å². The molecule has 0 saturated carbocycles. The molecule has 2 aromatic carbocycles. The maximum Gasteiger partial charge on any atom is 0.254 e. The van der Waals surface area contributed by atoms with Gasteiger partial charge in [-0.3, -0.25) is 14.5 Å². The van der Waals surface area contributed by atoms with Crippen molar-refractivity contribution in [2.24, 2.45) is 0 Å². The standard InChI is InChI=1S/C24H30FN3O2/c1-18(2)28(16-20-7-5-4-6-8-20)23(29)17-26-11-13-27(14-12-26)24(30)21-10-9-19(3)22(25)15-21/h4-10,15,18H,11-14,16-17H2,1-3H3. The fourth-order valence-electron chi connectivity index (χ4n) is 3.64. The molecule has 0 aliphatic carbocycles. The number of nitrogens with zero attached hydrogens (tertiary/aromatic N) is 3. The van der Waals surface area contributed by atoms with Crippen molar-refractivity contribution in [3.05, 3.63) is 71.0 Å². The molecule has 2 aromatic rings. The molecule has 6 heteroatoms. The highest BCUT2D eigenvalue weighted by atomic mass is 19.1. The van der Waals surface area contributed by atoms with Gasteiger partial charge in [0, 0.05) is 44.3 Å². The number of amides is 2. The number of carbonyl (C=O) groups excluding carboxylic acids is 2. The van der Waals surface area contributed by atoms with Gasteiger partial charge in [0.05, 0.1) is 6.54 Å². The van der Waals surface area contributed by atoms with Crippen molar-refractivity contribution in [3.63, 3.8) is 0 Å². The third-order valence-corrected chi connectivity index (χ3v) is 5.58. The zero-order chi connectivity index (χ0) is 21.7. The Labute approximate surface area is 178 Å². The highest BCUT2D eigenvalue weighted by molar-refractivity contribution is 5.94. The summed E-state index contributed by atoms with van der Waals surface area (Å²) in [6.45, 7) is 8.98. The lowest BCUT2D eigenvalue weighted by Gasteiger charge is -2.36. The monoisotopic (exact) mass is 411 g/mol. The summed E-state index contributed by atoms with van der Waals surface area (Å²) in [5.74, 6) is -0.431. The molecule has 1 aliphatic rings. The van der Waals surface area contributed by atoms with Gasteiger partial charge in [-0.05, 0) is 44.0 Å². The maximum atomic E-state index is 13.8. The van der Waals surface area contributed by atoms with E-state index in [2.05, 4.69) is 4.90 Å². The molecule has 160 valence electrons. The highest BCUT2D eigenvalue weighted by Crippen LogP contribution is 2.14. The predicted octanol–water partition coefficient (Wildman–Crippen LogP) is 3.33. The number of benzene rings is 2. The molecule has 1 heterocycles. The topological polar surface area (TPSA) is 43.9 Å².